The van der Waals surface area contributed by atoms with E-state index in [1.165, 1.54) is 0 Å². The van der Waals surface area contributed by atoms with E-state index in [4.69, 9.17) is 0 Å². The van der Waals surface area contributed by atoms with Gasteiger partial charge in [0.2, 0.25) is 0 Å². The quantitative estimate of drug-likeness (QED) is 0.855. The van der Waals surface area contributed by atoms with Gasteiger partial charge in [-0.25, -0.2) is 0 Å². The fourth-order valence-corrected chi connectivity index (χ4v) is 2.70. The maximum Gasteiger partial charge on any atom is 0.309 e. The summed E-state index contributed by atoms with van der Waals surface area (Å²) in [6.07, 6.45) is -0.565. The molecule has 0 amide bonds. The molecule has 0 aliphatic heterocycles. The molecule has 0 bridgehead atoms. The number of hydrogen-bond acceptors (Lipinski definition) is 2. The van der Waals surface area contributed by atoms with Crippen LogP contribution in [0.25, 0.3) is 0 Å². The fourth-order valence-electron chi connectivity index (χ4n) is 2.70. The molecule has 3 nitrogen and oxygen atoms in total. The zero-order valence-corrected chi connectivity index (χ0v) is 12.0. The van der Waals surface area contributed by atoms with E-state index in [2.05, 4.69) is 0 Å². The summed E-state index contributed by atoms with van der Waals surface area (Å²) in [5.41, 5.74) is 1.85. The first-order valence-electron chi connectivity index (χ1n) is 7.16. The largest absolute Gasteiger partial charge is 0.481 e. The van der Waals surface area contributed by atoms with Crippen LogP contribution in [0, 0.1) is 5.92 Å². The summed E-state index contributed by atoms with van der Waals surface area (Å²) in [5.74, 6) is -2.08. The summed E-state index contributed by atoms with van der Waals surface area (Å²) < 4.78 is 0. The molecular formula is C18H20O3. The van der Waals surface area contributed by atoms with Crippen LogP contribution in [0.5, 0.6) is 0 Å². The lowest BCUT2D eigenvalue weighted by Crippen LogP contribution is -2.33. The van der Waals surface area contributed by atoms with Gasteiger partial charge in [0.25, 0.3) is 0 Å². The van der Waals surface area contributed by atoms with Crippen LogP contribution < -0.4 is 0 Å². The Morgan fingerprint density at radius 2 is 1.38 bits per heavy atom. The number of carbonyl (C=O) groups is 1. The van der Waals surface area contributed by atoms with Crippen LogP contribution >= 0.6 is 0 Å². The molecule has 0 spiro atoms. The summed E-state index contributed by atoms with van der Waals surface area (Å²) in [7, 11) is 0. The highest BCUT2D eigenvalue weighted by Gasteiger charge is 2.33. The molecule has 2 rings (SSSR count). The molecule has 0 saturated carbocycles. The minimum Gasteiger partial charge on any atom is -0.481 e. The van der Waals surface area contributed by atoms with Crippen LogP contribution in [-0.2, 0) is 4.79 Å². The number of benzene rings is 2. The summed E-state index contributed by atoms with van der Waals surface area (Å²) >= 11 is 0. The number of aliphatic carboxylic acids is 1. The Balaban J connectivity index is 2.44. The second kappa shape index (κ2) is 7.04. The lowest BCUT2D eigenvalue weighted by molar-refractivity contribution is -0.146. The third-order valence-electron chi connectivity index (χ3n) is 3.83. The monoisotopic (exact) mass is 284 g/mol. The van der Waals surface area contributed by atoms with Crippen molar-refractivity contribution >= 4 is 5.97 Å². The topological polar surface area (TPSA) is 57.5 Å². The lowest BCUT2D eigenvalue weighted by atomic mass is 9.80. The van der Waals surface area contributed by atoms with Crippen LogP contribution in [0.1, 0.15) is 30.4 Å². The van der Waals surface area contributed by atoms with E-state index in [1.807, 2.05) is 60.7 Å². The molecule has 2 N–H and O–H groups in total. The Bertz CT molecular complexity index is 526. The second-order valence-corrected chi connectivity index (χ2v) is 5.14. The van der Waals surface area contributed by atoms with Crippen molar-refractivity contribution < 1.29 is 15.0 Å². The van der Waals surface area contributed by atoms with Crippen LogP contribution in [0.15, 0.2) is 60.7 Å². The number of carboxylic acid groups (broad SMARTS) is 1. The van der Waals surface area contributed by atoms with Gasteiger partial charge in [0.05, 0.1) is 12.0 Å². The SMILES string of the molecule is CCC(C(=O)O)C(O)C(c1ccccc1)c1ccccc1. The molecular weight excluding hydrogens is 264 g/mol. The van der Waals surface area contributed by atoms with Crippen molar-refractivity contribution in [3.63, 3.8) is 0 Å². The summed E-state index contributed by atoms with van der Waals surface area (Å²) in [6, 6.07) is 19.1. The van der Waals surface area contributed by atoms with Crippen molar-refractivity contribution in [3.8, 4) is 0 Å². The molecule has 0 aliphatic rings. The molecule has 21 heavy (non-hydrogen) atoms. The molecule has 2 aromatic rings. The van der Waals surface area contributed by atoms with Gasteiger partial charge in [-0.05, 0) is 17.5 Å². The highest BCUT2D eigenvalue weighted by atomic mass is 16.4. The minimum absolute atomic E-state index is 0.339. The van der Waals surface area contributed by atoms with E-state index in [1.54, 1.807) is 6.92 Å². The Morgan fingerprint density at radius 1 is 0.952 bits per heavy atom. The van der Waals surface area contributed by atoms with Crippen molar-refractivity contribution in [2.24, 2.45) is 5.92 Å². The number of aliphatic hydroxyl groups excluding tert-OH is 1. The van der Waals surface area contributed by atoms with Crippen LogP contribution in [-0.4, -0.2) is 22.3 Å². The number of hydrogen-bond donors (Lipinski definition) is 2. The average Bonchev–Trinajstić information content (AvgIpc) is 2.50. The highest BCUT2D eigenvalue weighted by Crippen LogP contribution is 2.32. The van der Waals surface area contributed by atoms with Crippen molar-refractivity contribution in [2.45, 2.75) is 25.4 Å². The van der Waals surface area contributed by atoms with Crippen LogP contribution in [0.4, 0.5) is 0 Å². The number of carboxylic acids is 1. The highest BCUT2D eigenvalue weighted by molar-refractivity contribution is 5.71. The first-order valence-corrected chi connectivity index (χ1v) is 7.16. The van der Waals surface area contributed by atoms with Crippen LogP contribution in [0.2, 0.25) is 0 Å². The predicted octanol–water partition coefficient (Wildman–Crippen LogP) is 3.29. The van der Waals surface area contributed by atoms with E-state index < -0.39 is 18.0 Å². The molecule has 2 unspecified atom stereocenters. The summed E-state index contributed by atoms with van der Waals surface area (Å²) in [5, 5.41) is 20.0. The Hall–Kier alpha value is -2.13. The molecule has 0 fully saturated rings. The smallest absolute Gasteiger partial charge is 0.309 e. The van der Waals surface area contributed by atoms with Crippen molar-refractivity contribution in [2.75, 3.05) is 0 Å². The molecule has 110 valence electrons. The standard InChI is InChI=1S/C18H20O3/c1-2-15(18(20)21)17(19)16(13-9-5-3-6-10-13)14-11-7-4-8-12-14/h3-12,15-17,19H,2H2,1H3,(H,20,21). The fraction of sp³-hybridized carbons (Fsp3) is 0.278. The Morgan fingerprint density at radius 3 is 1.71 bits per heavy atom. The molecule has 0 heterocycles. The van der Waals surface area contributed by atoms with Crippen molar-refractivity contribution in [1.29, 1.82) is 0 Å². The number of aliphatic hydroxyl groups is 1. The van der Waals surface area contributed by atoms with E-state index in [0.29, 0.717) is 6.42 Å². The lowest BCUT2D eigenvalue weighted by Gasteiger charge is -2.28. The van der Waals surface area contributed by atoms with E-state index in [9.17, 15) is 15.0 Å². The third kappa shape index (κ3) is 3.50. The average molecular weight is 284 g/mol. The molecule has 3 heteroatoms. The van der Waals surface area contributed by atoms with Gasteiger partial charge in [-0.2, -0.15) is 0 Å². The van der Waals surface area contributed by atoms with Crippen molar-refractivity contribution in [3.05, 3.63) is 71.8 Å². The van der Waals surface area contributed by atoms with E-state index in [0.717, 1.165) is 11.1 Å². The van der Waals surface area contributed by atoms with Gasteiger partial charge >= 0.3 is 5.97 Å². The zero-order chi connectivity index (χ0) is 15.2. The predicted molar refractivity (Wildman–Crippen MR) is 82.2 cm³/mol. The summed E-state index contributed by atoms with van der Waals surface area (Å²) in [4.78, 5) is 11.4. The number of rotatable bonds is 6. The molecule has 2 atom stereocenters. The normalized spacial score (nSPS) is 13.9. The first kappa shape index (κ1) is 15.3. The van der Waals surface area contributed by atoms with E-state index >= 15 is 0 Å². The second-order valence-electron chi connectivity index (χ2n) is 5.14. The van der Waals surface area contributed by atoms with Crippen molar-refractivity contribution in [1.82, 2.24) is 0 Å². The molecule has 0 aromatic heterocycles. The molecule has 0 saturated heterocycles. The zero-order valence-electron chi connectivity index (χ0n) is 12.0. The maximum absolute atomic E-state index is 11.4. The molecule has 2 aromatic carbocycles. The van der Waals surface area contributed by atoms with E-state index in [-0.39, 0.29) is 5.92 Å². The Kier molecular flexibility index (Phi) is 5.12. The van der Waals surface area contributed by atoms with Gasteiger partial charge < -0.3 is 10.2 Å². The van der Waals surface area contributed by atoms with Gasteiger partial charge in [-0.3, -0.25) is 4.79 Å². The van der Waals surface area contributed by atoms with Gasteiger partial charge in [0.15, 0.2) is 0 Å². The third-order valence-corrected chi connectivity index (χ3v) is 3.83. The Labute approximate surface area is 124 Å². The van der Waals surface area contributed by atoms with Gasteiger partial charge in [-0.1, -0.05) is 67.6 Å². The minimum atomic E-state index is -0.961. The molecule has 0 radical (unpaired) electrons. The van der Waals surface area contributed by atoms with Crippen LogP contribution in [0.3, 0.4) is 0 Å². The van der Waals surface area contributed by atoms with Gasteiger partial charge in [0.1, 0.15) is 0 Å². The molecule has 0 aliphatic carbocycles. The maximum atomic E-state index is 11.4. The summed E-state index contributed by atoms with van der Waals surface area (Å²) in [6.45, 7) is 1.79. The first-order chi connectivity index (χ1) is 10.1. The van der Waals surface area contributed by atoms with Gasteiger partial charge in [-0.15, -0.1) is 0 Å². The van der Waals surface area contributed by atoms with Gasteiger partial charge in [0, 0.05) is 5.92 Å².